The predicted molar refractivity (Wildman–Crippen MR) is 115 cm³/mol. The molecule has 4 rings (SSSR count). The van der Waals surface area contributed by atoms with E-state index in [9.17, 15) is 18.0 Å². The number of hydrogen-bond donors (Lipinski definition) is 2. The number of carbonyl (C=O) groups is 2. The fourth-order valence-corrected chi connectivity index (χ4v) is 4.58. The highest BCUT2D eigenvalue weighted by molar-refractivity contribution is 7.14. The third-order valence-corrected chi connectivity index (χ3v) is 6.75. The molecule has 1 atom stereocenters. The molecule has 2 aliphatic heterocycles. The molecule has 1 spiro atoms. The lowest BCUT2D eigenvalue weighted by molar-refractivity contribution is -0.192. The number of nitrogens with zero attached hydrogens (tertiary/aromatic N) is 3. The van der Waals surface area contributed by atoms with Crippen molar-refractivity contribution >= 4 is 29.2 Å². The van der Waals surface area contributed by atoms with Gasteiger partial charge in [-0.3, -0.25) is 4.79 Å². The summed E-state index contributed by atoms with van der Waals surface area (Å²) in [6, 6.07) is 3.81. The van der Waals surface area contributed by atoms with Crippen molar-refractivity contribution in [2.24, 2.45) is 5.92 Å². The highest BCUT2D eigenvalue weighted by atomic mass is 32.1. The average Bonchev–Trinajstić information content (AvgIpc) is 3.09. The first-order valence-electron chi connectivity index (χ1n) is 10.3. The van der Waals surface area contributed by atoms with Crippen molar-refractivity contribution in [3.8, 4) is 0 Å². The number of carboxylic acid groups (broad SMARTS) is 1. The molecule has 0 aromatic carbocycles. The molecule has 2 fully saturated rings. The Hall–Kier alpha value is -2.73. The van der Waals surface area contributed by atoms with Crippen LogP contribution in [0.15, 0.2) is 24.5 Å². The second-order valence-electron chi connectivity index (χ2n) is 8.17. The van der Waals surface area contributed by atoms with Crippen LogP contribution >= 0.6 is 11.3 Å². The summed E-state index contributed by atoms with van der Waals surface area (Å²) in [5.41, 5.74) is 1.07. The second kappa shape index (κ2) is 10.0. The topological polar surface area (TPSA) is 105 Å². The Kier molecular flexibility index (Phi) is 7.58. The molecule has 0 saturated carbocycles. The third kappa shape index (κ3) is 6.41. The van der Waals surface area contributed by atoms with Crippen molar-refractivity contribution < 1.29 is 32.6 Å². The lowest BCUT2D eigenvalue weighted by Crippen LogP contribution is -2.66. The summed E-state index contributed by atoms with van der Waals surface area (Å²) >= 11 is 1.59. The molecule has 4 heterocycles. The molecule has 8 nitrogen and oxygen atoms in total. The zero-order valence-corrected chi connectivity index (χ0v) is 19.0. The number of amides is 1. The van der Waals surface area contributed by atoms with Gasteiger partial charge in [0.05, 0.1) is 24.6 Å². The maximum atomic E-state index is 12.6. The first-order valence-corrected chi connectivity index (χ1v) is 11.1. The number of carbonyl (C=O) groups excluding carboxylic acids is 1. The number of aliphatic carboxylic acids is 1. The zero-order chi connectivity index (χ0) is 24.2. The van der Waals surface area contributed by atoms with E-state index >= 15 is 0 Å². The van der Waals surface area contributed by atoms with Crippen molar-refractivity contribution in [1.82, 2.24) is 14.9 Å². The predicted octanol–water partition coefficient (Wildman–Crippen LogP) is 3.52. The number of alkyl halides is 3. The number of anilines is 1. The van der Waals surface area contributed by atoms with Crippen LogP contribution in [-0.2, 0) is 9.53 Å². The van der Waals surface area contributed by atoms with Gasteiger partial charge in [0, 0.05) is 23.8 Å². The Morgan fingerprint density at radius 3 is 2.42 bits per heavy atom. The summed E-state index contributed by atoms with van der Waals surface area (Å²) in [6.07, 6.45) is 0.483. The number of aromatic nitrogens is 2. The van der Waals surface area contributed by atoms with Gasteiger partial charge < -0.3 is 20.1 Å². The lowest BCUT2D eigenvalue weighted by Gasteiger charge is -2.52. The molecule has 1 amide bonds. The fraction of sp³-hybridized carbons (Fsp3) is 0.524. The van der Waals surface area contributed by atoms with Crippen molar-refractivity contribution in [1.29, 1.82) is 0 Å². The summed E-state index contributed by atoms with van der Waals surface area (Å²) in [5, 5.41) is 10.4. The number of ether oxygens (including phenoxy) is 1. The van der Waals surface area contributed by atoms with Crippen molar-refractivity contribution in [3.05, 3.63) is 39.8 Å². The summed E-state index contributed by atoms with van der Waals surface area (Å²) in [4.78, 5) is 33.8. The van der Waals surface area contributed by atoms with Gasteiger partial charge in [-0.1, -0.05) is 0 Å². The number of thiophene rings is 1. The number of hydrogen-bond acceptors (Lipinski definition) is 7. The van der Waals surface area contributed by atoms with E-state index in [2.05, 4.69) is 29.1 Å². The molecular formula is C21H25F3N4O4S. The van der Waals surface area contributed by atoms with E-state index in [1.165, 1.54) is 10.4 Å². The highest BCUT2D eigenvalue weighted by Gasteiger charge is 2.48. The number of rotatable bonds is 4. The minimum atomic E-state index is -5.08. The Bertz CT molecular complexity index is 948. The van der Waals surface area contributed by atoms with E-state index in [0.717, 1.165) is 30.9 Å². The quantitative estimate of drug-likeness (QED) is 0.681. The van der Waals surface area contributed by atoms with Gasteiger partial charge in [-0.15, -0.1) is 11.3 Å². The van der Waals surface area contributed by atoms with Gasteiger partial charge in [0.15, 0.2) is 0 Å². The Morgan fingerprint density at radius 2 is 1.94 bits per heavy atom. The molecular weight excluding hydrogens is 461 g/mol. The molecule has 33 heavy (non-hydrogen) atoms. The Morgan fingerprint density at radius 1 is 1.30 bits per heavy atom. The zero-order valence-electron chi connectivity index (χ0n) is 18.2. The number of likely N-dealkylation sites (tertiary alicyclic amines) is 1. The van der Waals surface area contributed by atoms with Crippen LogP contribution in [0.25, 0.3) is 0 Å². The maximum absolute atomic E-state index is 12.6. The van der Waals surface area contributed by atoms with Crippen molar-refractivity contribution in [3.63, 3.8) is 0 Å². The summed E-state index contributed by atoms with van der Waals surface area (Å²) in [6.45, 7) is 7.08. The number of carboxylic acids is 1. The first kappa shape index (κ1) is 24.9. The highest BCUT2D eigenvalue weighted by Crippen LogP contribution is 2.37. The van der Waals surface area contributed by atoms with Gasteiger partial charge in [-0.25, -0.2) is 14.8 Å². The van der Waals surface area contributed by atoms with Crippen LogP contribution in [0, 0.1) is 19.8 Å². The van der Waals surface area contributed by atoms with Gasteiger partial charge in [0.2, 0.25) is 5.95 Å². The molecule has 0 aliphatic carbocycles. The molecule has 0 bridgehead atoms. The SMILES string of the molecule is Cc1cc(C(=O)N2CC3(CCC(CNc4ncccn4)CO3)C2)sc1C.O=C(O)C(F)(F)F. The van der Waals surface area contributed by atoms with E-state index in [1.807, 2.05) is 11.0 Å². The summed E-state index contributed by atoms with van der Waals surface area (Å²) < 4.78 is 37.9. The molecule has 180 valence electrons. The van der Waals surface area contributed by atoms with Gasteiger partial charge in [0.1, 0.15) is 5.60 Å². The summed E-state index contributed by atoms with van der Waals surface area (Å²) in [5.74, 6) is -1.50. The molecule has 2 saturated heterocycles. The van der Waals surface area contributed by atoms with Crippen LogP contribution in [0.1, 0.15) is 33.0 Å². The molecule has 2 N–H and O–H groups in total. The van der Waals surface area contributed by atoms with Gasteiger partial charge >= 0.3 is 12.1 Å². The maximum Gasteiger partial charge on any atom is 0.490 e. The molecule has 12 heteroatoms. The Labute approximate surface area is 192 Å². The smallest absolute Gasteiger partial charge is 0.475 e. The van der Waals surface area contributed by atoms with Gasteiger partial charge in [-0.05, 0) is 50.3 Å². The van der Waals surface area contributed by atoms with Crippen LogP contribution in [0.4, 0.5) is 19.1 Å². The molecule has 2 aromatic rings. The van der Waals surface area contributed by atoms with E-state index in [-0.39, 0.29) is 11.5 Å². The van der Waals surface area contributed by atoms with E-state index in [4.69, 9.17) is 14.6 Å². The first-order chi connectivity index (χ1) is 15.5. The lowest BCUT2D eigenvalue weighted by atomic mass is 9.83. The molecule has 0 radical (unpaired) electrons. The Balaban J connectivity index is 0.000000383. The number of halogens is 3. The van der Waals surface area contributed by atoms with Crippen LogP contribution in [0.2, 0.25) is 0 Å². The van der Waals surface area contributed by atoms with E-state index in [0.29, 0.717) is 25.0 Å². The number of aryl methyl sites for hydroxylation is 2. The second-order valence-corrected chi connectivity index (χ2v) is 9.42. The van der Waals surface area contributed by atoms with Gasteiger partial charge in [0.25, 0.3) is 5.91 Å². The standard InChI is InChI=1S/C19H24N4O2S.C2HF3O2/c1-13-8-16(26-14(13)2)17(24)23-11-19(12-23)5-4-15(10-25-19)9-22-18-20-6-3-7-21-18;3-2(4,5)1(6)7/h3,6-8,15H,4-5,9-12H2,1-2H3,(H,20,21,22);(H,6,7). The van der Waals surface area contributed by atoms with Crippen LogP contribution in [0.5, 0.6) is 0 Å². The van der Waals surface area contributed by atoms with Crippen molar-refractivity contribution in [2.75, 3.05) is 31.6 Å². The monoisotopic (exact) mass is 486 g/mol. The average molecular weight is 487 g/mol. The normalized spacial score (nSPS) is 19.3. The molecule has 2 aliphatic rings. The minimum absolute atomic E-state index is 0.128. The van der Waals surface area contributed by atoms with Gasteiger partial charge in [-0.2, -0.15) is 13.2 Å². The van der Waals surface area contributed by atoms with E-state index in [1.54, 1.807) is 29.8 Å². The fourth-order valence-electron chi connectivity index (χ4n) is 3.58. The summed E-state index contributed by atoms with van der Waals surface area (Å²) in [7, 11) is 0. The third-order valence-electron chi connectivity index (χ3n) is 5.61. The van der Waals surface area contributed by atoms with E-state index < -0.39 is 12.1 Å². The van der Waals surface area contributed by atoms with Crippen LogP contribution in [-0.4, -0.2) is 69.9 Å². The van der Waals surface area contributed by atoms with Crippen LogP contribution < -0.4 is 5.32 Å². The number of nitrogens with one attached hydrogen (secondary N) is 1. The molecule has 1 unspecified atom stereocenters. The van der Waals surface area contributed by atoms with Crippen molar-refractivity contribution in [2.45, 2.75) is 38.5 Å². The minimum Gasteiger partial charge on any atom is -0.475 e. The molecule has 2 aromatic heterocycles. The largest absolute Gasteiger partial charge is 0.490 e. The van der Waals surface area contributed by atoms with Crippen LogP contribution in [0.3, 0.4) is 0 Å².